The van der Waals surface area contributed by atoms with Gasteiger partial charge in [0.2, 0.25) is 0 Å². The first-order valence-electron chi connectivity index (χ1n) is 6.62. The molecule has 4 heteroatoms. The topological polar surface area (TPSA) is 60.8 Å². The highest BCUT2D eigenvalue weighted by atomic mass is 16.4. The Hall–Kier alpha value is -0.610. The minimum absolute atomic E-state index is 0.503. The van der Waals surface area contributed by atoms with Crippen LogP contribution in [0.3, 0.4) is 0 Å². The van der Waals surface area contributed by atoms with E-state index < -0.39 is 17.0 Å². The number of aliphatic carboxylic acids is 1. The Morgan fingerprint density at radius 3 is 2.18 bits per heavy atom. The molecule has 2 N–H and O–H groups in total. The highest BCUT2D eigenvalue weighted by Gasteiger charge is 2.39. The molecule has 98 valence electrons. The van der Waals surface area contributed by atoms with E-state index in [0.717, 1.165) is 45.3 Å². The number of hydrogen-bond donors (Lipinski definition) is 2. The molecule has 0 radical (unpaired) electrons. The van der Waals surface area contributed by atoms with Gasteiger partial charge in [-0.05, 0) is 45.7 Å². The van der Waals surface area contributed by atoms with Gasteiger partial charge in [-0.2, -0.15) is 0 Å². The zero-order valence-corrected chi connectivity index (χ0v) is 10.6. The van der Waals surface area contributed by atoms with Crippen LogP contribution in [0.5, 0.6) is 0 Å². The van der Waals surface area contributed by atoms with E-state index in [0.29, 0.717) is 12.8 Å². The lowest BCUT2D eigenvalue weighted by Crippen LogP contribution is -2.48. The summed E-state index contributed by atoms with van der Waals surface area (Å²) in [5.41, 5.74) is -1.06. The molecule has 0 spiro atoms. The predicted molar refractivity (Wildman–Crippen MR) is 64.8 cm³/mol. The average Bonchev–Trinajstić information content (AvgIpc) is 2.69. The fraction of sp³-hybridized carbons (Fsp3) is 0.923. The van der Waals surface area contributed by atoms with E-state index >= 15 is 0 Å². The largest absolute Gasteiger partial charge is 0.481 e. The summed E-state index contributed by atoms with van der Waals surface area (Å²) >= 11 is 0. The molecule has 0 atom stereocenters. The van der Waals surface area contributed by atoms with Gasteiger partial charge in [0.15, 0.2) is 0 Å². The monoisotopic (exact) mass is 241 g/mol. The van der Waals surface area contributed by atoms with Crippen molar-refractivity contribution in [3.63, 3.8) is 0 Å². The van der Waals surface area contributed by atoms with Crippen LogP contribution < -0.4 is 0 Å². The van der Waals surface area contributed by atoms with Gasteiger partial charge in [0.1, 0.15) is 0 Å². The maximum absolute atomic E-state index is 11.1. The fourth-order valence-corrected chi connectivity index (χ4v) is 3.03. The Morgan fingerprint density at radius 1 is 1.18 bits per heavy atom. The van der Waals surface area contributed by atoms with Crippen molar-refractivity contribution in [1.29, 1.82) is 0 Å². The van der Waals surface area contributed by atoms with E-state index in [9.17, 15) is 9.90 Å². The molecule has 4 nitrogen and oxygen atoms in total. The van der Waals surface area contributed by atoms with Crippen molar-refractivity contribution in [2.24, 2.45) is 5.41 Å². The molecule has 1 saturated heterocycles. The number of likely N-dealkylation sites (tertiary alicyclic amines) is 1. The van der Waals surface area contributed by atoms with Crippen LogP contribution in [0.15, 0.2) is 0 Å². The molecule has 0 bridgehead atoms. The van der Waals surface area contributed by atoms with Crippen LogP contribution in [0.4, 0.5) is 0 Å². The summed E-state index contributed by atoms with van der Waals surface area (Å²) in [5, 5.41) is 19.5. The second-order valence-electron chi connectivity index (χ2n) is 6.07. The molecular weight excluding hydrogens is 218 g/mol. The number of hydrogen-bond acceptors (Lipinski definition) is 3. The SMILES string of the molecule is CC1(C(=O)O)CCN(CC2(O)CCCC2)CC1. The third-order valence-corrected chi connectivity index (χ3v) is 4.53. The molecular formula is C13H23NO3. The van der Waals surface area contributed by atoms with Gasteiger partial charge in [0.25, 0.3) is 0 Å². The Bertz CT molecular complexity index is 289. The van der Waals surface area contributed by atoms with Crippen LogP contribution in [-0.2, 0) is 4.79 Å². The number of nitrogens with zero attached hydrogens (tertiary/aromatic N) is 1. The molecule has 1 heterocycles. The molecule has 1 aliphatic heterocycles. The molecule has 0 amide bonds. The minimum atomic E-state index is -0.684. The molecule has 2 aliphatic rings. The van der Waals surface area contributed by atoms with Crippen molar-refractivity contribution in [2.75, 3.05) is 19.6 Å². The van der Waals surface area contributed by atoms with Gasteiger partial charge in [0.05, 0.1) is 11.0 Å². The number of carboxylic acid groups (broad SMARTS) is 1. The van der Waals surface area contributed by atoms with Crippen LogP contribution in [0, 0.1) is 5.41 Å². The lowest BCUT2D eigenvalue weighted by atomic mass is 9.80. The quantitative estimate of drug-likeness (QED) is 0.785. The first kappa shape index (κ1) is 12.8. The van der Waals surface area contributed by atoms with E-state index in [-0.39, 0.29) is 0 Å². The maximum Gasteiger partial charge on any atom is 0.309 e. The maximum atomic E-state index is 11.1. The highest BCUT2D eigenvalue weighted by Crippen LogP contribution is 2.34. The normalized spacial score (nSPS) is 28.1. The Labute approximate surface area is 103 Å². The summed E-state index contributed by atoms with van der Waals surface area (Å²) in [5.74, 6) is -0.684. The van der Waals surface area contributed by atoms with Crippen molar-refractivity contribution >= 4 is 5.97 Å². The molecule has 1 saturated carbocycles. The number of carbonyl (C=O) groups is 1. The lowest BCUT2D eigenvalue weighted by molar-refractivity contribution is -0.151. The summed E-state index contributed by atoms with van der Waals surface area (Å²) in [6.45, 7) is 4.15. The third-order valence-electron chi connectivity index (χ3n) is 4.53. The van der Waals surface area contributed by atoms with Crippen molar-refractivity contribution in [2.45, 2.75) is 51.0 Å². The van der Waals surface area contributed by atoms with Crippen LogP contribution in [0.25, 0.3) is 0 Å². The molecule has 17 heavy (non-hydrogen) atoms. The predicted octanol–water partition coefficient (Wildman–Crippen LogP) is 1.48. The molecule has 1 aliphatic carbocycles. The van der Waals surface area contributed by atoms with Gasteiger partial charge in [-0.3, -0.25) is 4.79 Å². The summed E-state index contributed by atoms with van der Waals surface area (Å²) in [7, 11) is 0. The van der Waals surface area contributed by atoms with Crippen molar-refractivity contribution < 1.29 is 15.0 Å². The van der Waals surface area contributed by atoms with Gasteiger partial charge in [0, 0.05) is 6.54 Å². The summed E-state index contributed by atoms with van der Waals surface area (Å²) in [6.07, 6.45) is 5.44. The highest BCUT2D eigenvalue weighted by molar-refractivity contribution is 5.74. The van der Waals surface area contributed by atoms with E-state index in [4.69, 9.17) is 5.11 Å². The van der Waals surface area contributed by atoms with Gasteiger partial charge in [-0.25, -0.2) is 0 Å². The Kier molecular flexibility index (Phi) is 3.46. The van der Waals surface area contributed by atoms with Crippen molar-refractivity contribution in [3.05, 3.63) is 0 Å². The molecule has 0 aromatic rings. The Balaban J connectivity index is 1.85. The van der Waals surface area contributed by atoms with E-state index in [1.807, 2.05) is 6.92 Å². The molecule has 0 unspecified atom stereocenters. The van der Waals surface area contributed by atoms with Crippen LogP contribution >= 0.6 is 0 Å². The van der Waals surface area contributed by atoms with Gasteiger partial charge in [-0.1, -0.05) is 12.8 Å². The summed E-state index contributed by atoms with van der Waals surface area (Å²) in [4.78, 5) is 13.4. The molecule has 0 aromatic carbocycles. The second-order valence-corrected chi connectivity index (χ2v) is 6.07. The average molecular weight is 241 g/mol. The standard InChI is InChI=1S/C13H23NO3/c1-12(11(15)16)6-8-14(9-7-12)10-13(17)4-2-3-5-13/h17H,2-10H2,1H3,(H,15,16). The lowest BCUT2D eigenvalue weighted by Gasteiger charge is -2.39. The number of aliphatic hydroxyl groups is 1. The zero-order valence-electron chi connectivity index (χ0n) is 10.6. The van der Waals surface area contributed by atoms with Crippen LogP contribution in [-0.4, -0.2) is 46.3 Å². The van der Waals surface area contributed by atoms with Gasteiger partial charge in [-0.15, -0.1) is 0 Å². The smallest absolute Gasteiger partial charge is 0.309 e. The van der Waals surface area contributed by atoms with Crippen LogP contribution in [0.2, 0.25) is 0 Å². The molecule has 2 fully saturated rings. The van der Waals surface area contributed by atoms with Gasteiger partial charge < -0.3 is 15.1 Å². The van der Waals surface area contributed by atoms with Crippen LogP contribution in [0.1, 0.15) is 45.4 Å². The van der Waals surface area contributed by atoms with E-state index in [1.165, 1.54) is 0 Å². The van der Waals surface area contributed by atoms with E-state index in [2.05, 4.69) is 4.90 Å². The summed E-state index contributed by atoms with van der Waals surface area (Å²) in [6, 6.07) is 0. The summed E-state index contributed by atoms with van der Waals surface area (Å²) < 4.78 is 0. The number of rotatable bonds is 3. The number of carboxylic acids is 1. The number of piperidine rings is 1. The van der Waals surface area contributed by atoms with E-state index in [1.54, 1.807) is 0 Å². The molecule has 2 rings (SSSR count). The van der Waals surface area contributed by atoms with Gasteiger partial charge >= 0.3 is 5.97 Å². The third kappa shape index (κ3) is 2.80. The first-order chi connectivity index (χ1) is 7.94. The number of β-amino-alcohol motifs (C(OH)–C–C–N with tert-alkyl or cyclic N) is 1. The fourth-order valence-electron chi connectivity index (χ4n) is 3.03. The Morgan fingerprint density at radius 2 is 1.71 bits per heavy atom. The molecule has 0 aromatic heterocycles. The van der Waals surface area contributed by atoms with Crippen molar-refractivity contribution in [1.82, 2.24) is 4.90 Å². The van der Waals surface area contributed by atoms with Crippen molar-refractivity contribution in [3.8, 4) is 0 Å². The second kappa shape index (κ2) is 4.58. The first-order valence-corrected chi connectivity index (χ1v) is 6.62. The minimum Gasteiger partial charge on any atom is -0.481 e. The zero-order chi connectivity index (χ0) is 12.5.